The average Bonchev–Trinajstić information content (AvgIpc) is 2.93. The maximum absolute atomic E-state index is 13.5. The van der Waals surface area contributed by atoms with Gasteiger partial charge in [-0.3, -0.25) is 4.79 Å². The molecule has 0 aromatic heterocycles. The van der Waals surface area contributed by atoms with E-state index < -0.39 is 5.60 Å². The third-order valence-electron chi connectivity index (χ3n) is 4.56. The van der Waals surface area contributed by atoms with E-state index in [0.717, 1.165) is 0 Å². The van der Waals surface area contributed by atoms with Crippen molar-refractivity contribution < 1.29 is 18.3 Å². The monoisotopic (exact) mass is 371 g/mol. The van der Waals surface area contributed by atoms with Gasteiger partial charge < -0.3 is 10.1 Å². The second-order valence-corrected chi connectivity index (χ2v) is 7.86. The van der Waals surface area contributed by atoms with E-state index in [1.54, 1.807) is 31.2 Å². The summed E-state index contributed by atoms with van der Waals surface area (Å²) in [5, 5.41) is 2.95. The van der Waals surface area contributed by atoms with Gasteiger partial charge in [-0.1, -0.05) is 24.3 Å². The van der Waals surface area contributed by atoms with Crippen LogP contribution >= 0.6 is 0 Å². The van der Waals surface area contributed by atoms with Crippen LogP contribution in [0.15, 0.2) is 59.9 Å². The molecule has 0 saturated carbocycles. The number of benzene rings is 2. The number of carbonyl (C=O) groups excluding carboxylic acids is 1. The van der Waals surface area contributed by atoms with Crippen LogP contribution in [0.3, 0.4) is 0 Å². The first-order chi connectivity index (χ1) is 12.6. The predicted molar refractivity (Wildman–Crippen MR) is 99.9 cm³/mol. The molecular formula is C22H23F2NO2. The third-order valence-corrected chi connectivity index (χ3v) is 4.56. The fourth-order valence-corrected chi connectivity index (χ4v) is 3.32. The quantitative estimate of drug-likeness (QED) is 0.840. The fourth-order valence-electron chi connectivity index (χ4n) is 3.32. The number of halogens is 2. The van der Waals surface area contributed by atoms with Gasteiger partial charge in [-0.2, -0.15) is 0 Å². The molecule has 1 aliphatic heterocycles. The molecule has 27 heavy (non-hydrogen) atoms. The Labute approximate surface area is 158 Å². The van der Waals surface area contributed by atoms with Crippen molar-refractivity contribution in [1.29, 1.82) is 0 Å². The highest BCUT2D eigenvalue weighted by Crippen LogP contribution is 2.46. The number of hydrogen-bond donors (Lipinski definition) is 1. The first-order valence-corrected chi connectivity index (χ1v) is 8.84. The van der Waals surface area contributed by atoms with Crippen LogP contribution in [0.2, 0.25) is 0 Å². The Morgan fingerprint density at radius 1 is 0.963 bits per heavy atom. The van der Waals surface area contributed by atoms with Gasteiger partial charge in [0.2, 0.25) is 0 Å². The molecule has 2 aromatic carbocycles. The average molecular weight is 371 g/mol. The molecule has 2 aromatic rings. The Morgan fingerprint density at radius 2 is 1.41 bits per heavy atom. The molecular weight excluding hydrogens is 348 g/mol. The lowest BCUT2D eigenvalue weighted by Crippen LogP contribution is -2.41. The summed E-state index contributed by atoms with van der Waals surface area (Å²) in [6, 6.07) is 12.0. The van der Waals surface area contributed by atoms with Crippen LogP contribution in [-0.4, -0.2) is 11.4 Å². The molecule has 0 saturated heterocycles. The van der Waals surface area contributed by atoms with Crippen LogP contribution in [0.4, 0.5) is 8.78 Å². The minimum absolute atomic E-state index is 0.203. The summed E-state index contributed by atoms with van der Waals surface area (Å²) in [5.41, 5.74) is 0.539. The zero-order valence-corrected chi connectivity index (χ0v) is 15.9. The van der Waals surface area contributed by atoms with Crippen molar-refractivity contribution in [1.82, 2.24) is 5.32 Å². The minimum atomic E-state index is -1.00. The predicted octanol–water partition coefficient (Wildman–Crippen LogP) is 4.82. The minimum Gasteiger partial charge on any atom is -0.482 e. The van der Waals surface area contributed by atoms with Gasteiger partial charge in [0.15, 0.2) is 5.60 Å². The lowest BCUT2D eigenvalue weighted by Gasteiger charge is -2.31. The van der Waals surface area contributed by atoms with Gasteiger partial charge in [0, 0.05) is 23.1 Å². The number of rotatable bonds is 3. The van der Waals surface area contributed by atoms with E-state index in [9.17, 15) is 13.6 Å². The lowest BCUT2D eigenvalue weighted by molar-refractivity contribution is -0.119. The van der Waals surface area contributed by atoms with Crippen molar-refractivity contribution in [3.8, 4) is 0 Å². The van der Waals surface area contributed by atoms with Crippen LogP contribution in [-0.2, 0) is 15.1 Å². The molecule has 0 fully saturated rings. The largest absolute Gasteiger partial charge is 0.482 e. The summed E-state index contributed by atoms with van der Waals surface area (Å²) in [5.74, 6) is -0.417. The van der Waals surface area contributed by atoms with E-state index >= 15 is 0 Å². The Balaban J connectivity index is 2.04. The number of ether oxygens (including phenoxy) is 1. The molecule has 0 aliphatic carbocycles. The molecule has 1 heterocycles. The number of allylic oxidation sites excluding steroid dienone is 1. The molecule has 142 valence electrons. The van der Waals surface area contributed by atoms with Gasteiger partial charge in [0.1, 0.15) is 17.4 Å². The van der Waals surface area contributed by atoms with Crippen molar-refractivity contribution in [2.24, 2.45) is 0 Å². The first-order valence-electron chi connectivity index (χ1n) is 8.84. The summed E-state index contributed by atoms with van der Waals surface area (Å²) in [6.45, 7) is 7.46. The van der Waals surface area contributed by atoms with E-state index in [1.807, 2.05) is 20.8 Å². The molecule has 0 unspecified atom stereocenters. The van der Waals surface area contributed by atoms with Gasteiger partial charge in [-0.25, -0.2) is 8.78 Å². The summed E-state index contributed by atoms with van der Waals surface area (Å²) in [6.07, 6.45) is 0.276. The van der Waals surface area contributed by atoms with Crippen LogP contribution in [0.25, 0.3) is 0 Å². The molecule has 0 bridgehead atoms. The number of hydrogen-bond acceptors (Lipinski definition) is 2. The van der Waals surface area contributed by atoms with Crippen LogP contribution < -0.4 is 5.32 Å². The van der Waals surface area contributed by atoms with Gasteiger partial charge >= 0.3 is 0 Å². The standard InChI is InChI=1S/C22H23F2NO2/c1-14-19(20(26)25-21(2,3)4)13-22(27-14,15-5-9-17(23)10-6-15)16-7-11-18(24)12-8-16/h5-12H,13H2,1-4H3,(H,25,26). The van der Waals surface area contributed by atoms with E-state index in [4.69, 9.17) is 4.74 Å². The van der Waals surface area contributed by atoms with Crippen LogP contribution in [0, 0.1) is 11.6 Å². The Morgan fingerprint density at radius 3 is 1.81 bits per heavy atom. The zero-order chi connectivity index (χ0) is 19.8. The van der Waals surface area contributed by atoms with Crippen LogP contribution in [0.5, 0.6) is 0 Å². The Bertz CT molecular complexity index is 833. The Kier molecular flexibility index (Phi) is 4.81. The fraction of sp³-hybridized carbons (Fsp3) is 0.318. The topological polar surface area (TPSA) is 38.3 Å². The summed E-state index contributed by atoms with van der Waals surface area (Å²) in [4.78, 5) is 12.8. The highest BCUT2D eigenvalue weighted by Gasteiger charge is 2.45. The van der Waals surface area contributed by atoms with E-state index in [0.29, 0.717) is 22.5 Å². The first kappa shape index (κ1) is 19.1. The van der Waals surface area contributed by atoms with Crippen molar-refractivity contribution in [2.45, 2.75) is 45.3 Å². The highest BCUT2D eigenvalue weighted by atomic mass is 19.1. The maximum atomic E-state index is 13.5. The third kappa shape index (κ3) is 3.87. The number of nitrogens with one attached hydrogen (secondary N) is 1. The zero-order valence-electron chi connectivity index (χ0n) is 15.9. The number of amides is 1. The van der Waals surface area contributed by atoms with Gasteiger partial charge in [0.25, 0.3) is 5.91 Å². The van der Waals surface area contributed by atoms with Crippen molar-refractivity contribution in [2.75, 3.05) is 0 Å². The molecule has 5 heteroatoms. The molecule has 3 rings (SSSR count). The second kappa shape index (κ2) is 6.80. The summed E-state index contributed by atoms with van der Waals surface area (Å²) >= 11 is 0. The summed E-state index contributed by atoms with van der Waals surface area (Å²) in [7, 11) is 0. The van der Waals surface area contributed by atoms with Gasteiger partial charge in [0.05, 0.1) is 5.57 Å². The molecule has 1 aliphatic rings. The van der Waals surface area contributed by atoms with Gasteiger partial charge in [-0.15, -0.1) is 0 Å². The molecule has 0 radical (unpaired) electrons. The molecule has 3 nitrogen and oxygen atoms in total. The molecule has 0 atom stereocenters. The number of carbonyl (C=O) groups is 1. The van der Waals surface area contributed by atoms with Gasteiger partial charge in [-0.05, 0) is 52.0 Å². The summed E-state index contributed by atoms with van der Waals surface area (Å²) < 4.78 is 33.1. The highest BCUT2D eigenvalue weighted by molar-refractivity contribution is 5.95. The SMILES string of the molecule is CC1=C(C(=O)NC(C)(C)C)CC(c2ccc(F)cc2)(c2ccc(F)cc2)O1. The van der Waals surface area contributed by atoms with Crippen LogP contribution in [0.1, 0.15) is 45.2 Å². The smallest absolute Gasteiger partial charge is 0.251 e. The van der Waals surface area contributed by atoms with Crippen molar-refractivity contribution in [3.05, 3.63) is 82.6 Å². The Hall–Kier alpha value is -2.69. The molecule has 1 amide bonds. The van der Waals surface area contributed by atoms with Crippen molar-refractivity contribution >= 4 is 5.91 Å². The van der Waals surface area contributed by atoms with E-state index in [2.05, 4.69) is 5.32 Å². The second-order valence-electron chi connectivity index (χ2n) is 7.86. The van der Waals surface area contributed by atoms with E-state index in [-0.39, 0.29) is 29.5 Å². The molecule has 0 spiro atoms. The molecule has 1 N–H and O–H groups in total. The normalized spacial score (nSPS) is 16.2. The van der Waals surface area contributed by atoms with Crippen molar-refractivity contribution in [3.63, 3.8) is 0 Å². The lowest BCUT2D eigenvalue weighted by atomic mass is 9.82. The maximum Gasteiger partial charge on any atom is 0.251 e. The van der Waals surface area contributed by atoms with E-state index in [1.165, 1.54) is 24.3 Å².